The van der Waals surface area contributed by atoms with Gasteiger partial charge in [-0.15, -0.1) is 0 Å². The molecule has 0 aliphatic heterocycles. The van der Waals surface area contributed by atoms with Crippen LogP contribution < -0.4 is 0 Å². The number of amides is 1. The third kappa shape index (κ3) is 2.53. The van der Waals surface area contributed by atoms with Gasteiger partial charge in [0.25, 0.3) is 5.91 Å². The fourth-order valence-electron chi connectivity index (χ4n) is 1.65. The zero-order valence-corrected chi connectivity index (χ0v) is 9.88. The van der Waals surface area contributed by atoms with E-state index in [1.807, 2.05) is 12.1 Å². The predicted molar refractivity (Wildman–Crippen MR) is 63.5 cm³/mol. The minimum Gasteiger partial charge on any atom is -0.469 e. The van der Waals surface area contributed by atoms with Crippen LogP contribution >= 0.6 is 0 Å². The van der Waals surface area contributed by atoms with Crippen molar-refractivity contribution >= 4 is 5.91 Å². The lowest BCUT2D eigenvalue weighted by atomic mass is 10.2. The van der Waals surface area contributed by atoms with Gasteiger partial charge >= 0.3 is 0 Å². The second kappa shape index (κ2) is 4.82. The number of aromatic nitrogens is 1. The summed E-state index contributed by atoms with van der Waals surface area (Å²) in [6.07, 6.45) is 5.00. The Bertz CT molecular complexity index is 505. The van der Waals surface area contributed by atoms with Gasteiger partial charge in [-0.2, -0.15) is 0 Å². The number of carbonyl (C=O) groups excluding carboxylic acids is 1. The largest absolute Gasteiger partial charge is 0.469 e. The number of nitrogens with zero attached hydrogens (tertiary/aromatic N) is 2. The standard InChI is InChI=1S/C13H14N2O2/c1-10-12(5-7-17-10)13(16)15(2)9-11-4-3-6-14-8-11/h3-8H,9H2,1-2H3. The first-order chi connectivity index (χ1) is 8.18. The van der Waals surface area contributed by atoms with E-state index in [0.717, 1.165) is 5.56 Å². The first kappa shape index (κ1) is 11.4. The van der Waals surface area contributed by atoms with Crippen molar-refractivity contribution in [1.82, 2.24) is 9.88 Å². The first-order valence-electron chi connectivity index (χ1n) is 5.37. The van der Waals surface area contributed by atoms with Crippen LogP contribution in [0.15, 0.2) is 41.3 Å². The van der Waals surface area contributed by atoms with E-state index in [2.05, 4.69) is 4.98 Å². The second-order valence-electron chi connectivity index (χ2n) is 3.91. The Hall–Kier alpha value is -2.10. The summed E-state index contributed by atoms with van der Waals surface area (Å²) in [5, 5.41) is 0. The predicted octanol–water partition coefficient (Wildman–Crippen LogP) is 2.26. The van der Waals surface area contributed by atoms with Gasteiger partial charge in [-0.1, -0.05) is 6.07 Å². The number of aryl methyl sites for hydroxylation is 1. The van der Waals surface area contributed by atoms with Crippen LogP contribution in [0.1, 0.15) is 21.7 Å². The monoisotopic (exact) mass is 230 g/mol. The van der Waals surface area contributed by atoms with Gasteiger partial charge in [0.2, 0.25) is 0 Å². The zero-order chi connectivity index (χ0) is 12.3. The molecule has 0 atom stereocenters. The third-order valence-electron chi connectivity index (χ3n) is 2.58. The molecule has 0 fully saturated rings. The normalized spacial score (nSPS) is 10.2. The quantitative estimate of drug-likeness (QED) is 0.812. The lowest BCUT2D eigenvalue weighted by molar-refractivity contribution is 0.0783. The van der Waals surface area contributed by atoms with E-state index >= 15 is 0 Å². The molecular weight excluding hydrogens is 216 g/mol. The minimum atomic E-state index is -0.0416. The van der Waals surface area contributed by atoms with E-state index in [1.165, 1.54) is 6.26 Å². The minimum absolute atomic E-state index is 0.0416. The molecule has 0 saturated carbocycles. The third-order valence-corrected chi connectivity index (χ3v) is 2.58. The van der Waals surface area contributed by atoms with Gasteiger partial charge in [-0.05, 0) is 24.6 Å². The van der Waals surface area contributed by atoms with Crippen LogP contribution in [0, 0.1) is 6.92 Å². The maximum atomic E-state index is 12.1. The molecule has 2 rings (SSSR count). The average Bonchev–Trinajstić information content (AvgIpc) is 2.76. The molecule has 1 amide bonds. The van der Waals surface area contributed by atoms with Crippen LogP contribution in [0.2, 0.25) is 0 Å². The van der Waals surface area contributed by atoms with E-state index in [-0.39, 0.29) is 5.91 Å². The Labute approximate surface area is 99.9 Å². The van der Waals surface area contributed by atoms with Crippen LogP contribution in [-0.2, 0) is 6.54 Å². The molecule has 2 aromatic rings. The maximum absolute atomic E-state index is 12.1. The highest BCUT2D eigenvalue weighted by Gasteiger charge is 2.16. The molecule has 4 heteroatoms. The number of rotatable bonds is 3. The van der Waals surface area contributed by atoms with Gasteiger partial charge in [-0.25, -0.2) is 0 Å². The summed E-state index contributed by atoms with van der Waals surface area (Å²) in [5.41, 5.74) is 1.61. The van der Waals surface area contributed by atoms with Crippen molar-refractivity contribution < 1.29 is 9.21 Å². The van der Waals surface area contributed by atoms with Crippen LogP contribution in [0.4, 0.5) is 0 Å². The maximum Gasteiger partial charge on any atom is 0.257 e. The van der Waals surface area contributed by atoms with Crippen molar-refractivity contribution in [3.05, 3.63) is 53.7 Å². The lowest BCUT2D eigenvalue weighted by Gasteiger charge is -2.16. The number of pyridine rings is 1. The highest BCUT2D eigenvalue weighted by atomic mass is 16.3. The molecule has 0 radical (unpaired) electrons. The highest BCUT2D eigenvalue weighted by Crippen LogP contribution is 2.12. The Morgan fingerprint density at radius 3 is 2.88 bits per heavy atom. The van der Waals surface area contributed by atoms with Gasteiger partial charge in [0.1, 0.15) is 5.76 Å². The smallest absolute Gasteiger partial charge is 0.257 e. The molecule has 0 aromatic carbocycles. The van der Waals surface area contributed by atoms with Gasteiger partial charge in [0, 0.05) is 26.0 Å². The number of hydrogen-bond acceptors (Lipinski definition) is 3. The van der Waals surface area contributed by atoms with Crippen LogP contribution in [-0.4, -0.2) is 22.8 Å². The van der Waals surface area contributed by atoms with Crippen LogP contribution in [0.25, 0.3) is 0 Å². The highest BCUT2D eigenvalue weighted by molar-refractivity contribution is 5.94. The van der Waals surface area contributed by atoms with Crippen LogP contribution in [0.5, 0.6) is 0 Å². The molecule has 0 spiro atoms. The Balaban J connectivity index is 2.09. The second-order valence-corrected chi connectivity index (χ2v) is 3.91. The average molecular weight is 230 g/mol. The number of hydrogen-bond donors (Lipinski definition) is 0. The summed E-state index contributed by atoms with van der Waals surface area (Å²) < 4.78 is 5.13. The molecule has 0 saturated heterocycles. The fraction of sp³-hybridized carbons (Fsp3) is 0.231. The first-order valence-corrected chi connectivity index (χ1v) is 5.37. The SMILES string of the molecule is Cc1occc1C(=O)N(C)Cc1cccnc1. The van der Waals surface area contributed by atoms with E-state index in [4.69, 9.17) is 4.42 Å². The Morgan fingerprint density at radius 1 is 1.47 bits per heavy atom. The van der Waals surface area contributed by atoms with Crippen molar-refractivity contribution in [2.45, 2.75) is 13.5 Å². The molecule has 2 heterocycles. The van der Waals surface area contributed by atoms with E-state index in [9.17, 15) is 4.79 Å². The van der Waals surface area contributed by atoms with Crippen molar-refractivity contribution in [1.29, 1.82) is 0 Å². The molecule has 0 aliphatic rings. The number of carbonyl (C=O) groups is 1. The summed E-state index contributed by atoms with van der Waals surface area (Å²) in [4.78, 5) is 17.7. The molecule has 0 unspecified atom stereocenters. The molecular formula is C13H14N2O2. The molecule has 17 heavy (non-hydrogen) atoms. The summed E-state index contributed by atoms with van der Waals surface area (Å²) >= 11 is 0. The van der Waals surface area contributed by atoms with Crippen LogP contribution in [0.3, 0.4) is 0 Å². The van der Waals surface area contributed by atoms with Crippen molar-refractivity contribution in [3.8, 4) is 0 Å². The fourth-order valence-corrected chi connectivity index (χ4v) is 1.65. The molecule has 0 N–H and O–H groups in total. The summed E-state index contributed by atoms with van der Waals surface area (Å²) in [6.45, 7) is 2.32. The Morgan fingerprint density at radius 2 is 2.29 bits per heavy atom. The van der Waals surface area contributed by atoms with Gasteiger partial charge in [0.05, 0.1) is 11.8 Å². The molecule has 0 aliphatic carbocycles. The number of furan rings is 1. The van der Waals surface area contributed by atoms with Crippen molar-refractivity contribution in [2.24, 2.45) is 0 Å². The van der Waals surface area contributed by atoms with E-state index in [0.29, 0.717) is 17.9 Å². The molecule has 0 bridgehead atoms. The summed E-state index contributed by atoms with van der Waals surface area (Å²) in [7, 11) is 1.77. The van der Waals surface area contributed by atoms with Gasteiger partial charge in [-0.3, -0.25) is 9.78 Å². The van der Waals surface area contributed by atoms with Crippen molar-refractivity contribution in [3.63, 3.8) is 0 Å². The summed E-state index contributed by atoms with van der Waals surface area (Å²) in [5.74, 6) is 0.605. The zero-order valence-electron chi connectivity index (χ0n) is 9.88. The molecule has 2 aromatic heterocycles. The van der Waals surface area contributed by atoms with Gasteiger partial charge in [0.15, 0.2) is 0 Å². The topological polar surface area (TPSA) is 46.3 Å². The van der Waals surface area contributed by atoms with Crippen molar-refractivity contribution in [2.75, 3.05) is 7.05 Å². The molecule has 4 nitrogen and oxygen atoms in total. The summed E-state index contributed by atoms with van der Waals surface area (Å²) in [6, 6.07) is 5.49. The van der Waals surface area contributed by atoms with E-state index < -0.39 is 0 Å². The molecule has 88 valence electrons. The van der Waals surface area contributed by atoms with E-state index in [1.54, 1.807) is 37.3 Å². The lowest BCUT2D eigenvalue weighted by Crippen LogP contribution is -2.26. The Kier molecular flexibility index (Phi) is 3.23. The van der Waals surface area contributed by atoms with Gasteiger partial charge < -0.3 is 9.32 Å².